The summed E-state index contributed by atoms with van der Waals surface area (Å²) >= 11 is 0. The molecule has 1 N–H and O–H groups in total. The summed E-state index contributed by atoms with van der Waals surface area (Å²) in [5.74, 6) is 0.716. The van der Waals surface area contributed by atoms with E-state index in [1.165, 1.54) is 0 Å². The van der Waals surface area contributed by atoms with Crippen LogP contribution >= 0.6 is 0 Å². The van der Waals surface area contributed by atoms with Crippen molar-refractivity contribution in [3.8, 4) is 11.5 Å². The number of carbonyl (C=O) groups excluding carboxylic acids is 2. The Morgan fingerprint density at radius 3 is 2.36 bits per heavy atom. The summed E-state index contributed by atoms with van der Waals surface area (Å²) in [6.07, 6.45) is 0.722. The van der Waals surface area contributed by atoms with E-state index in [1.54, 1.807) is 35.9 Å². The summed E-state index contributed by atoms with van der Waals surface area (Å²) in [6.45, 7) is 5.99. The maximum absolute atomic E-state index is 14.1. The number of nitrogens with one attached hydrogen (secondary N) is 1. The molecular weight excluding hydrogens is 494 g/mol. The molecule has 4 rings (SSSR count). The molecule has 1 aromatic heterocycles. The molecule has 0 saturated heterocycles. The van der Waals surface area contributed by atoms with Crippen LogP contribution in [-0.2, 0) is 22.7 Å². The first kappa shape index (κ1) is 27.6. The van der Waals surface area contributed by atoms with Crippen molar-refractivity contribution in [2.75, 3.05) is 14.2 Å². The van der Waals surface area contributed by atoms with Crippen LogP contribution in [0.15, 0.2) is 72.8 Å². The van der Waals surface area contributed by atoms with Gasteiger partial charge in [-0.2, -0.15) is 0 Å². The standard InChI is InChI=1S/C30H35N5O4/c1-6-30(2,3)31-29(37)28(21-15-17-23(38-4)18-16-21)34(19-22-11-7-10-14-26(22)39-5)27(36)20-35-25-13-9-8-12-24(25)32-33-35/h7-18,28H,6,19-20H2,1-5H3,(H,31,37). The van der Waals surface area contributed by atoms with E-state index in [1.807, 2.05) is 81.4 Å². The van der Waals surface area contributed by atoms with Gasteiger partial charge in [-0.3, -0.25) is 9.59 Å². The van der Waals surface area contributed by atoms with Crippen molar-refractivity contribution in [2.24, 2.45) is 0 Å². The predicted molar refractivity (Wildman–Crippen MR) is 149 cm³/mol. The zero-order valence-electron chi connectivity index (χ0n) is 23.0. The Kier molecular flexibility index (Phi) is 8.49. The summed E-state index contributed by atoms with van der Waals surface area (Å²) in [5, 5.41) is 11.5. The maximum atomic E-state index is 14.1. The van der Waals surface area contributed by atoms with Crippen LogP contribution < -0.4 is 14.8 Å². The zero-order chi connectivity index (χ0) is 28.0. The molecule has 0 radical (unpaired) electrons. The predicted octanol–water partition coefficient (Wildman–Crippen LogP) is 4.52. The van der Waals surface area contributed by atoms with Gasteiger partial charge in [0.2, 0.25) is 11.8 Å². The number of hydrogen-bond donors (Lipinski definition) is 1. The highest BCUT2D eigenvalue weighted by atomic mass is 16.5. The topological polar surface area (TPSA) is 98.6 Å². The number of amides is 2. The lowest BCUT2D eigenvalue weighted by atomic mass is 9.98. The fourth-order valence-electron chi connectivity index (χ4n) is 4.34. The Bertz CT molecular complexity index is 1430. The minimum atomic E-state index is -0.922. The first-order valence-corrected chi connectivity index (χ1v) is 12.9. The molecule has 0 spiro atoms. The number of benzene rings is 3. The van der Waals surface area contributed by atoms with E-state index in [0.29, 0.717) is 22.6 Å². The largest absolute Gasteiger partial charge is 0.497 e. The second-order valence-electron chi connectivity index (χ2n) is 9.97. The van der Waals surface area contributed by atoms with Gasteiger partial charge in [0.25, 0.3) is 0 Å². The molecule has 4 aromatic rings. The highest BCUT2D eigenvalue weighted by Crippen LogP contribution is 2.29. The molecule has 0 bridgehead atoms. The smallest absolute Gasteiger partial charge is 0.247 e. The first-order valence-electron chi connectivity index (χ1n) is 12.9. The molecule has 1 atom stereocenters. The number of rotatable bonds is 11. The Morgan fingerprint density at radius 2 is 1.67 bits per heavy atom. The maximum Gasteiger partial charge on any atom is 0.247 e. The van der Waals surface area contributed by atoms with Crippen LogP contribution in [0.5, 0.6) is 11.5 Å². The number of ether oxygens (including phenoxy) is 2. The Hall–Kier alpha value is -4.40. The fourth-order valence-corrected chi connectivity index (χ4v) is 4.34. The van der Waals surface area contributed by atoms with E-state index in [0.717, 1.165) is 17.5 Å². The van der Waals surface area contributed by atoms with Gasteiger partial charge >= 0.3 is 0 Å². The van der Waals surface area contributed by atoms with Crippen molar-refractivity contribution in [1.82, 2.24) is 25.2 Å². The van der Waals surface area contributed by atoms with Gasteiger partial charge in [-0.15, -0.1) is 5.10 Å². The molecule has 0 fully saturated rings. The van der Waals surface area contributed by atoms with Gasteiger partial charge < -0.3 is 19.7 Å². The lowest BCUT2D eigenvalue weighted by Crippen LogP contribution is -2.50. The monoisotopic (exact) mass is 529 g/mol. The molecule has 9 heteroatoms. The van der Waals surface area contributed by atoms with Crippen molar-refractivity contribution in [2.45, 2.75) is 51.9 Å². The quantitative estimate of drug-likeness (QED) is 0.307. The minimum Gasteiger partial charge on any atom is -0.497 e. The SMILES string of the molecule is CCC(C)(C)NC(=O)C(c1ccc(OC)cc1)N(Cc1ccccc1OC)C(=O)Cn1nnc2ccccc21. The highest BCUT2D eigenvalue weighted by Gasteiger charge is 2.35. The van der Waals surface area contributed by atoms with Gasteiger partial charge in [-0.1, -0.05) is 54.6 Å². The van der Waals surface area contributed by atoms with E-state index in [2.05, 4.69) is 15.6 Å². The summed E-state index contributed by atoms with van der Waals surface area (Å²) < 4.78 is 12.5. The van der Waals surface area contributed by atoms with Crippen LogP contribution in [0.3, 0.4) is 0 Å². The van der Waals surface area contributed by atoms with Crippen LogP contribution in [0, 0.1) is 0 Å². The van der Waals surface area contributed by atoms with Crippen molar-refractivity contribution in [1.29, 1.82) is 0 Å². The summed E-state index contributed by atoms with van der Waals surface area (Å²) in [4.78, 5) is 29.7. The molecular formula is C30H35N5O4. The number of fused-ring (bicyclic) bond motifs is 1. The van der Waals surface area contributed by atoms with Crippen LogP contribution in [0.1, 0.15) is 44.4 Å². The third-order valence-corrected chi connectivity index (χ3v) is 6.90. The van der Waals surface area contributed by atoms with E-state index in [4.69, 9.17) is 9.47 Å². The molecule has 0 aliphatic heterocycles. The number of para-hydroxylation sites is 2. The molecule has 9 nitrogen and oxygen atoms in total. The molecule has 3 aromatic carbocycles. The van der Waals surface area contributed by atoms with E-state index < -0.39 is 11.6 Å². The van der Waals surface area contributed by atoms with Crippen molar-refractivity contribution in [3.05, 3.63) is 83.9 Å². The number of hydrogen-bond acceptors (Lipinski definition) is 6. The molecule has 0 saturated carbocycles. The van der Waals surface area contributed by atoms with Crippen molar-refractivity contribution < 1.29 is 19.1 Å². The number of methoxy groups -OCH3 is 2. The molecule has 0 aliphatic carbocycles. The van der Waals surface area contributed by atoms with Gasteiger partial charge in [0.15, 0.2) is 0 Å². The van der Waals surface area contributed by atoms with Gasteiger partial charge in [-0.25, -0.2) is 4.68 Å². The molecule has 1 heterocycles. The second-order valence-corrected chi connectivity index (χ2v) is 9.97. The summed E-state index contributed by atoms with van der Waals surface area (Å²) in [7, 11) is 3.17. The van der Waals surface area contributed by atoms with E-state index in [9.17, 15) is 9.59 Å². The highest BCUT2D eigenvalue weighted by molar-refractivity contribution is 5.89. The lowest BCUT2D eigenvalue weighted by molar-refractivity contribution is -0.143. The van der Waals surface area contributed by atoms with Crippen molar-refractivity contribution in [3.63, 3.8) is 0 Å². The number of carbonyl (C=O) groups is 2. The van der Waals surface area contributed by atoms with Crippen LogP contribution in [-0.4, -0.2) is 51.5 Å². The third-order valence-electron chi connectivity index (χ3n) is 6.90. The molecule has 0 aliphatic rings. The van der Waals surface area contributed by atoms with Gasteiger partial charge in [0.05, 0.1) is 26.3 Å². The summed E-state index contributed by atoms with van der Waals surface area (Å²) in [5.41, 5.74) is 2.39. The van der Waals surface area contributed by atoms with Crippen LogP contribution in [0.4, 0.5) is 0 Å². The van der Waals surface area contributed by atoms with Crippen LogP contribution in [0.2, 0.25) is 0 Å². The van der Waals surface area contributed by atoms with E-state index >= 15 is 0 Å². The van der Waals surface area contributed by atoms with Gasteiger partial charge in [0.1, 0.15) is 29.6 Å². The molecule has 1 unspecified atom stereocenters. The summed E-state index contributed by atoms with van der Waals surface area (Å²) in [6, 6.07) is 21.2. The fraction of sp³-hybridized carbons (Fsp3) is 0.333. The Morgan fingerprint density at radius 1 is 0.974 bits per heavy atom. The van der Waals surface area contributed by atoms with Crippen molar-refractivity contribution >= 4 is 22.8 Å². The van der Waals surface area contributed by atoms with Gasteiger partial charge in [-0.05, 0) is 56.2 Å². The zero-order valence-corrected chi connectivity index (χ0v) is 23.0. The van der Waals surface area contributed by atoms with E-state index in [-0.39, 0.29) is 24.9 Å². The normalized spacial score (nSPS) is 12.1. The lowest BCUT2D eigenvalue weighted by Gasteiger charge is -2.35. The molecule has 2 amide bonds. The Balaban J connectivity index is 1.80. The second kappa shape index (κ2) is 12.0. The Labute approximate surface area is 228 Å². The average Bonchev–Trinajstić information content (AvgIpc) is 3.35. The number of aromatic nitrogens is 3. The third kappa shape index (κ3) is 6.37. The first-order chi connectivity index (χ1) is 18.8. The minimum absolute atomic E-state index is 0.0905. The molecule has 204 valence electrons. The molecule has 39 heavy (non-hydrogen) atoms. The number of nitrogens with zero attached hydrogens (tertiary/aromatic N) is 4. The van der Waals surface area contributed by atoms with Crippen LogP contribution in [0.25, 0.3) is 11.0 Å². The average molecular weight is 530 g/mol. The van der Waals surface area contributed by atoms with Gasteiger partial charge in [0, 0.05) is 11.1 Å².